The third kappa shape index (κ3) is 6.75. The average molecular weight is 385 g/mol. The van der Waals surface area contributed by atoms with Crippen LogP contribution in [0.15, 0.2) is 60.7 Å². The fourth-order valence-corrected chi connectivity index (χ4v) is 3.85. The highest BCUT2D eigenvalue weighted by molar-refractivity contribution is 7.99. The van der Waals surface area contributed by atoms with Crippen molar-refractivity contribution < 1.29 is 9.59 Å². The van der Waals surface area contributed by atoms with Crippen molar-refractivity contribution in [2.24, 2.45) is 0 Å². The summed E-state index contributed by atoms with van der Waals surface area (Å²) in [7, 11) is 1.62. The van der Waals surface area contributed by atoms with Crippen molar-refractivity contribution in [1.29, 1.82) is 0 Å². The number of carbonyl (C=O) groups excluding carboxylic acids is 2. The van der Waals surface area contributed by atoms with Crippen LogP contribution in [0.2, 0.25) is 0 Å². The zero-order valence-corrected chi connectivity index (χ0v) is 16.9. The van der Waals surface area contributed by atoms with Crippen LogP contribution in [0.5, 0.6) is 0 Å². The Morgan fingerprint density at radius 2 is 1.59 bits per heavy atom. The van der Waals surface area contributed by atoms with Gasteiger partial charge in [-0.15, -0.1) is 11.8 Å². The number of rotatable bonds is 10. The van der Waals surface area contributed by atoms with Crippen LogP contribution in [0.4, 0.5) is 0 Å². The number of nitrogens with zero attached hydrogens (tertiary/aromatic N) is 1. The molecule has 5 heteroatoms. The van der Waals surface area contributed by atoms with Crippen molar-refractivity contribution in [2.75, 3.05) is 19.3 Å². The predicted molar refractivity (Wildman–Crippen MR) is 113 cm³/mol. The molecule has 0 aliphatic carbocycles. The fourth-order valence-electron chi connectivity index (χ4n) is 2.98. The first-order valence-corrected chi connectivity index (χ1v) is 10.5. The standard InChI is InChI=1S/C22H28N2O2S/c1-3-20(22(26)23-2)24(15-14-18-10-6-4-7-11-18)21(25)17-27-16-19-12-8-5-9-13-19/h4-13,20H,3,14-17H2,1-2H3,(H,23,26)/t20-/m1/s1. The fraction of sp³-hybridized carbons (Fsp3) is 0.364. The van der Waals surface area contributed by atoms with E-state index in [9.17, 15) is 9.59 Å². The predicted octanol–water partition coefficient (Wildman–Crippen LogP) is 3.52. The number of thioether (sulfide) groups is 1. The van der Waals surface area contributed by atoms with Crippen LogP contribution >= 0.6 is 11.8 Å². The van der Waals surface area contributed by atoms with Crippen LogP contribution in [0.25, 0.3) is 0 Å². The molecule has 0 saturated heterocycles. The Labute approximate surface area is 166 Å². The summed E-state index contributed by atoms with van der Waals surface area (Å²) in [5.74, 6) is 1.07. The molecule has 0 fully saturated rings. The molecule has 27 heavy (non-hydrogen) atoms. The minimum absolute atomic E-state index is 0.0160. The summed E-state index contributed by atoms with van der Waals surface area (Å²) in [5, 5.41) is 2.69. The van der Waals surface area contributed by atoms with Crippen molar-refractivity contribution in [3.63, 3.8) is 0 Å². The van der Waals surface area contributed by atoms with Gasteiger partial charge in [-0.05, 0) is 24.0 Å². The molecular weight excluding hydrogens is 356 g/mol. The third-order valence-corrected chi connectivity index (χ3v) is 5.44. The van der Waals surface area contributed by atoms with Crippen LogP contribution in [-0.2, 0) is 21.8 Å². The minimum Gasteiger partial charge on any atom is -0.357 e. The molecule has 1 atom stereocenters. The Bertz CT molecular complexity index is 707. The molecule has 2 rings (SSSR count). The summed E-state index contributed by atoms with van der Waals surface area (Å²) in [6.07, 6.45) is 1.34. The SMILES string of the molecule is CC[C@H](C(=O)NC)N(CCc1ccccc1)C(=O)CSCc1ccccc1. The molecule has 1 N–H and O–H groups in total. The van der Waals surface area contributed by atoms with E-state index < -0.39 is 6.04 Å². The maximum Gasteiger partial charge on any atom is 0.242 e. The first-order chi connectivity index (χ1) is 13.2. The van der Waals surface area contributed by atoms with Crippen molar-refractivity contribution in [3.05, 3.63) is 71.8 Å². The highest BCUT2D eigenvalue weighted by atomic mass is 32.2. The zero-order valence-electron chi connectivity index (χ0n) is 16.1. The van der Waals surface area contributed by atoms with Crippen LogP contribution in [0, 0.1) is 0 Å². The molecule has 0 aliphatic heterocycles. The number of amides is 2. The Hall–Kier alpha value is -2.27. The van der Waals surface area contributed by atoms with E-state index in [1.807, 2.05) is 55.5 Å². The second-order valence-electron chi connectivity index (χ2n) is 6.34. The number of carbonyl (C=O) groups is 2. The largest absolute Gasteiger partial charge is 0.357 e. The summed E-state index contributed by atoms with van der Waals surface area (Å²) >= 11 is 1.59. The third-order valence-electron chi connectivity index (χ3n) is 4.45. The van der Waals surface area contributed by atoms with E-state index in [0.717, 1.165) is 12.2 Å². The van der Waals surface area contributed by atoms with Gasteiger partial charge >= 0.3 is 0 Å². The molecule has 0 unspecified atom stereocenters. The van der Waals surface area contributed by atoms with Gasteiger partial charge in [-0.3, -0.25) is 9.59 Å². The summed E-state index contributed by atoms with van der Waals surface area (Å²) in [6.45, 7) is 2.49. The highest BCUT2D eigenvalue weighted by Crippen LogP contribution is 2.15. The van der Waals surface area contributed by atoms with E-state index >= 15 is 0 Å². The van der Waals surface area contributed by atoms with Gasteiger partial charge in [0.25, 0.3) is 0 Å². The highest BCUT2D eigenvalue weighted by Gasteiger charge is 2.27. The van der Waals surface area contributed by atoms with Crippen molar-refractivity contribution in [1.82, 2.24) is 10.2 Å². The smallest absolute Gasteiger partial charge is 0.242 e. The maximum absolute atomic E-state index is 12.9. The molecule has 2 aromatic carbocycles. The molecule has 0 radical (unpaired) electrons. The summed E-state index contributed by atoms with van der Waals surface area (Å²) in [4.78, 5) is 26.9. The van der Waals surface area contributed by atoms with E-state index in [1.165, 1.54) is 11.1 Å². The quantitative estimate of drug-likeness (QED) is 0.682. The van der Waals surface area contributed by atoms with Crippen molar-refractivity contribution in [2.45, 2.75) is 31.6 Å². The van der Waals surface area contributed by atoms with E-state index in [2.05, 4.69) is 17.4 Å². The molecule has 144 valence electrons. The van der Waals surface area contributed by atoms with E-state index in [1.54, 1.807) is 23.7 Å². The molecule has 0 heterocycles. The average Bonchev–Trinajstić information content (AvgIpc) is 2.72. The molecule has 0 bridgehead atoms. The summed E-state index contributed by atoms with van der Waals surface area (Å²) in [5.41, 5.74) is 2.36. The summed E-state index contributed by atoms with van der Waals surface area (Å²) < 4.78 is 0. The van der Waals surface area contributed by atoms with Gasteiger partial charge in [0.2, 0.25) is 11.8 Å². The molecule has 4 nitrogen and oxygen atoms in total. The Kier molecular flexibility index (Phi) is 8.92. The van der Waals surface area contributed by atoms with Crippen LogP contribution in [0.1, 0.15) is 24.5 Å². The first kappa shape index (κ1) is 21.0. The number of hydrogen-bond donors (Lipinski definition) is 1. The number of benzene rings is 2. The van der Waals surface area contributed by atoms with E-state index in [-0.39, 0.29) is 11.8 Å². The molecule has 2 aromatic rings. The van der Waals surface area contributed by atoms with Crippen LogP contribution in [0.3, 0.4) is 0 Å². The van der Waals surface area contributed by atoms with Gasteiger partial charge in [-0.25, -0.2) is 0 Å². The lowest BCUT2D eigenvalue weighted by Gasteiger charge is -2.30. The Morgan fingerprint density at radius 1 is 1.00 bits per heavy atom. The van der Waals surface area contributed by atoms with Crippen LogP contribution < -0.4 is 5.32 Å². The normalized spacial score (nSPS) is 11.6. The van der Waals surface area contributed by atoms with E-state index in [4.69, 9.17) is 0 Å². The van der Waals surface area contributed by atoms with Crippen molar-refractivity contribution in [3.8, 4) is 0 Å². The maximum atomic E-state index is 12.9. The van der Waals surface area contributed by atoms with Gasteiger partial charge in [0.1, 0.15) is 6.04 Å². The Morgan fingerprint density at radius 3 is 2.15 bits per heavy atom. The van der Waals surface area contributed by atoms with Gasteiger partial charge in [0.15, 0.2) is 0 Å². The minimum atomic E-state index is -0.427. The second kappa shape index (κ2) is 11.4. The van der Waals surface area contributed by atoms with Gasteiger partial charge < -0.3 is 10.2 Å². The number of hydrogen-bond acceptors (Lipinski definition) is 3. The van der Waals surface area contributed by atoms with Gasteiger partial charge in [-0.1, -0.05) is 67.6 Å². The molecule has 2 amide bonds. The monoisotopic (exact) mass is 384 g/mol. The van der Waals surface area contributed by atoms with Crippen LogP contribution in [-0.4, -0.2) is 42.1 Å². The lowest BCUT2D eigenvalue weighted by atomic mass is 10.1. The second-order valence-corrected chi connectivity index (χ2v) is 7.33. The molecule has 0 saturated carbocycles. The number of nitrogens with one attached hydrogen (secondary N) is 1. The molecule has 0 aliphatic rings. The lowest BCUT2D eigenvalue weighted by molar-refractivity contribution is -0.138. The molecule has 0 spiro atoms. The van der Waals surface area contributed by atoms with Gasteiger partial charge in [0, 0.05) is 19.3 Å². The van der Waals surface area contributed by atoms with Gasteiger partial charge in [0.05, 0.1) is 5.75 Å². The first-order valence-electron chi connectivity index (χ1n) is 9.32. The summed E-state index contributed by atoms with van der Waals surface area (Å²) in [6, 6.07) is 19.7. The lowest BCUT2D eigenvalue weighted by Crippen LogP contribution is -2.50. The van der Waals surface area contributed by atoms with Crippen molar-refractivity contribution >= 4 is 23.6 Å². The molecule has 0 aromatic heterocycles. The topological polar surface area (TPSA) is 49.4 Å². The Balaban J connectivity index is 2.00. The number of likely N-dealkylation sites (N-methyl/N-ethyl adjacent to an activating group) is 1. The molecular formula is C22H28N2O2S. The zero-order chi connectivity index (χ0) is 19.5. The van der Waals surface area contributed by atoms with Gasteiger partial charge in [-0.2, -0.15) is 0 Å². The van der Waals surface area contributed by atoms with E-state index in [0.29, 0.717) is 18.7 Å².